The first-order valence-corrected chi connectivity index (χ1v) is 19.8. The average Bonchev–Trinajstić information content (AvgIpc) is 3.62. The van der Waals surface area contributed by atoms with E-state index >= 15 is 0 Å². The molecule has 1 nitrogen and oxygen atoms in total. The van der Waals surface area contributed by atoms with Crippen LogP contribution in [0.3, 0.4) is 0 Å². The summed E-state index contributed by atoms with van der Waals surface area (Å²) in [6, 6.07) is 62.0. The lowest BCUT2D eigenvalue weighted by molar-refractivity contribution is 0.353. The molecule has 1 heteroatoms. The van der Waals surface area contributed by atoms with E-state index in [4.69, 9.17) is 0 Å². The van der Waals surface area contributed by atoms with Crippen molar-refractivity contribution in [1.82, 2.24) is 0 Å². The van der Waals surface area contributed by atoms with Gasteiger partial charge in [-0.05, 0) is 115 Å². The van der Waals surface area contributed by atoms with Crippen molar-refractivity contribution >= 4 is 38.6 Å². The highest BCUT2D eigenvalue weighted by Gasteiger charge is 2.44. The molecule has 260 valence electrons. The smallest absolute Gasteiger partial charge is 0.0540 e. The number of rotatable bonds is 4. The molecule has 8 aromatic carbocycles. The van der Waals surface area contributed by atoms with Crippen LogP contribution in [0.1, 0.15) is 68.2 Å². The molecule has 1 saturated carbocycles. The van der Waals surface area contributed by atoms with Crippen LogP contribution in [0.15, 0.2) is 164 Å². The molecule has 0 aliphatic heterocycles. The summed E-state index contributed by atoms with van der Waals surface area (Å²) >= 11 is 0. The highest BCUT2D eigenvalue weighted by molar-refractivity contribution is 6.13. The summed E-state index contributed by atoms with van der Waals surface area (Å²) in [4.78, 5) is 2.55. The molecule has 11 rings (SSSR count). The van der Waals surface area contributed by atoms with Gasteiger partial charge in [-0.3, -0.25) is 0 Å². The van der Waals surface area contributed by atoms with Gasteiger partial charge in [0.1, 0.15) is 0 Å². The molecule has 0 atom stereocenters. The second-order valence-corrected chi connectivity index (χ2v) is 16.4. The quantitative estimate of drug-likeness (QED) is 0.166. The van der Waals surface area contributed by atoms with Crippen LogP contribution in [-0.4, -0.2) is 0 Å². The van der Waals surface area contributed by atoms with Gasteiger partial charge < -0.3 is 4.90 Å². The maximum Gasteiger partial charge on any atom is 0.0540 e. The van der Waals surface area contributed by atoms with Crippen molar-refractivity contribution in [3.63, 3.8) is 0 Å². The van der Waals surface area contributed by atoms with Gasteiger partial charge in [-0.1, -0.05) is 167 Å². The first kappa shape index (κ1) is 31.6. The summed E-state index contributed by atoms with van der Waals surface area (Å²) in [5.41, 5.74) is 17.5. The van der Waals surface area contributed by atoms with Crippen LogP contribution < -0.4 is 4.90 Å². The van der Waals surface area contributed by atoms with Gasteiger partial charge in [0.25, 0.3) is 0 Å². The lowest BCUT2D eigenvalue weighted by atomic mass is 9.68. The van der Waals surface area contributed by atoms with E-state index in [1.165, 1.54) is 126 Å². The van der Waals surface area contributed by atoms with Crippen molar-refractivity contribution in [2.75, 3.05) is 4.90 Å². The van der Waals surface area contributed by atoms with Gasteiger partial charge >= 0.3 is 0 Å². The van der Waals surface area contributed by atoms with Crippen LogP contribution in [0, 0.1) is 0 Å². The minimum Gasteiger partial charge on any atom is -0.310 e. The second kappa shape index (κ2) is 11.8. The fourth-order valence-electron chi connectivity index (χ4n) is 10.8. The number of hydrogen-bond donors (Lipinski definition) is 0. The van der Waals surface area contributed by atoms with Crippen LogP contribution in [-0.2, 0) is 10.8 Å². The molecule has 0 saturated heterocycles. The van der Waals surface area contributed by atoms with E-state index in [-0.39, 0.29) is 10.8 Å². The van der Waals surface area contributed by atoms with Gasteiger partial charge in [0.05, 0.1) is 5.69 Å². The van der Waals surface area contributed by atoms with E-state index in [9.17, 15) is 0 Å². The molecule has 0 unspecified atom stereocenters. The molecule has 8 aromatic rings. The molecular formula is C53H43N. The van der Waals surface area contributed by atoms with Crippen molar-refractivity contribution in [2.45, 2.75) is 56.8 Å². The van der Waals surface area contributed by atoms with Gasteiger partial charge in [-0.15, -0.1) is 0 Å². The van der Waals surface area contributed by atoms with Crippen LogP contribution in [0.25, 0.3) is 54.9 Å². The third-order valence-corrected chi connectivity index (χ3v) is 13.2. The van der Waals surface area contributed by atoms with Crippen LogP contribution in [0.2, 0.25) is 0 Å². The number of anilines is 3. The monoisotopic (exact) mass is 693 g/mol. The zero-order valence-electron chi connectivity index (χ0n) is 31.1. The Morgan fingerprint density at radius 2 is 1.07 bits per heavy atom. The van der Waals surface area contributed by atoms with Crippen molar-refractivity contribution < 1.29 is 0 Å². The number of fused-ring (bicyclic) bond motifs is 11. The zero-order chi connectivity index (χ0) is 36.0. The van der Waals surface area contributed by atoms with E-state index in [1.54, 1.807) is 0 Å². The SMILES string of the molecule is CC1(C)c2ccccc2-c2cccc(-c3cccc(N(c4ccc5c(c4)C4(CCCCC4)c4ccccc4-5)c4cccc5c4ccc4ccccc45)c3)c21. The normalized spacial score (nSPS) is 15.9. The van der Waals surface area contributed by atoms with E-state index in [0.29, 0.717) is 0 Å². The maximum atomic E-state index is 2.56. The molecule has 0 amide bonds. The molecule has 1 spiro atoms. The minimum atomic E-state index is -0.0990. The Kier molecular flexibility index (Phi) is 6.90. The molecule has 0 radical (unpaired) electrons. The lowest BCUT2D eigenvalue weighted by Crippen LogP contribution is -2.28. The zero-order valence-corrected chi connectivity index (χ0v) is 31.1. The van der Waals surface area contributed by atoms with Crippen LogP contribution in [0.5, 0.6) is 0 Å². The van der Waals surface area contributed by atoms with Crippen molar-refractivity contribution in [1.29, 1.82) is 0 Å². The molecule has 3 aliphatic carbocycles. The predicted molar refractivity (Wildman–Crippen MR) is 228 cm³/mol. The summed E-state index contributed by atoms with van der Waals surface area (Å²) < 4.78 is 0. The second-order valence-electron chi connectivity index (χ2n) is 16.4. The third-order valence-electron chi connectivity index (χ3n) is 13.2. The number of benzene rings is 8. The fourth-order valence-corrected chi connectivity index (χ4v) is 10.8. The van der Waals surface area contributed by atoms with Gasteiger partial charge in [-0.25, -0.2) is 0 Å². The molecule has 54 heavy (non-hydrogen) atoms. The molecule has 0 N–H and O–H groups in total. The number of nitrogens with zero attached hydrogens (tertiary/aromatic N) is 1. The third kappa shape index (κ3) is 4.45. The van der Waals surface area contributed by atoms with Crippen molar-refractivity contribution in [3.05, 3.63) is 186 Å². The highest BCUT2D eigenvalue weighted by atomic mass is 15.1. The standard InChI is InChI=1S/C53H43N/c1-52(2)47-24-8-6-20-43(47)46-23-13-21-40(51(46)52)36-16-12-17-37(33-36)54(50-26-14-22-41-39-18-5-4-15-35(39)27-29-45(41)50)38-28-30-44-42-19-7-9-25-48(42)53(49(44)34-38)31-10-3-11-32-53/h4-9,12-30,33-34H,3,10-11,31-32H2,1-2H3. The predicted octanol–water partition coefficient (Wildman–Crippen LogP) is 14.7. The van der Waals surface area contributed by atoms with Gasteiger partial charge in [-0.2, -0.15) is 0 Å². The minimum absolute atomic E-state index is 0.0772. The Morgan fingerprint density at radius 1 is 0.426 bits per heavy atom. The Morgan fingerprint density at radius 3 is 1.94 bits per heavy atom. The largest absolute Gasteiger partial charge is 0.310 e. The molecule has 0 aromatic heterocycles. The highest BCUT2D eigenvalue weighted by Crippen LogP contribution is 2.57. The molecule has 1 fully saturated rings. The summed E-state index contributed by atoms with van der Waals surface area (Å²) in [6.07, 6.45) is 6.32. The molecule has 0 heterocycles. The first-order chi connectivity index (χ1) is 26.5. The van der Waals surface area contributed by atoms with Crippen molar-refractivity contribution in [2.24, 2.45) is 0 Å². The maximum absolute atomic E-state index is 2.56. The first-order valence-electron chi connectivity index (χ1n) is 19.8. The Balaban J connectivity index is 1.14. The summed E-state index contributed by atoms with van der Waals surface area (Å²) in [7, 11) is 0. The van der Waals surface area contributed by atoms with E-state index in [1.807, 2.05) is 0 Å². The van der Waals surface area contributed by atoms with Crippen molar-refractivity contribution in [3.8, 4) is 33.4 Å². The van der Waals surface area contributed by atoms with Crippen LogP contribution in [0.4, 0.5) is 17.1 Å². The fraction of sp³-hybridized carbons (Fsp3) is 0.170. The van der Waals surface area contributed by atoms with E-state index in [0.717, 1.165) is 0 Å². The Hall–Kier alpha value is -5.92. The summed E-state index contributed by atoms with van der Waals surface area (Å²) in [5, 5.41) is 5.10. The van der Waals surface area contributed by atoms with Gasteiger partial charge in [0, 0.05) is 27.6 Å². The molecule has 0 bridgehead atoms. The Bertz CT molecular complexity index is 2800. The Labute approximate surface area is 318 Å². The lowest BCUT2D eigenvalue weighted by Gasteiger charge is -2.36. The van der Waals surface area contributed by atoms with Gasteiger partial charge in [0.15, 0.2) is 0 Å². The number of hydrogen-bond acceptors (Lipinski definition) is 1. The summed E-state index contributed by atoms with van der Waals surface area (Å²) in [6.45, 7) is 4.78. The van der Waals surface area contributed by atoms with E-state index < -0.39 is 0 Å². The van der Waals surface area contributed by atoms with Crippen LogP contribution >= 0.6 is 0 Å². The molecular weight excluding hydrogens is 651 g/mol. The van der Waals surface area contributed by atoms with E-state index in [2.05, 4.69) is 183 Å². The average molecular weight is 694 g/mol. The topological polar surface area (TPSA) is 3.24 Å². The van der Waals surface area contributed by atoms with Gasteiger partial charge in [0.2, 0.25) is 0 Å². The molecule has 3 aliphatic rings. The summed E-state index contributed by atoms with van der Waals surface area (Å²) in [5.74, 6) is 0.